The van der Waals surface area contributed by atoms with E-state index in [2.05, 4.69) is 31.0 Å². The van der Waals surface area contributed by atoms with Crippen LogP contribution < -0.4 is 5.56 Å². The average Bonchev–Trinajstić information content (AvgIpc) is 2.60. The van der Waals surface area contributed by atoms with Crippen LogP contribution in [0.3, 0.4) is 0 Å². The summed E-state index contributed by atoms with van der Waals surface area (Å²) in [4.78, 5) is 18.4. The molecule has 0 saturated heterocycles. The van der Waals surface area contributed by atoms with Crippen LogP contribution in [0.1, 0.15) is 5.69 Å². The van der Waals surface area contributed by atoms with Gasteiger partial charge in [0.25, 0.3) is 5.56 Å². The van der Waals surface area contributed by atoms with Crippen molar-refractivity contribution >= 4 is 15.9 Å². The van der Waals surface area contributed by atoms with E-state index in [1.807, 2.05) is 7.05 Å². The molecule has 1 N–H and O–H groups in total. The molecule has 0 bridgehead atoms. The summed E-state index contributed by atoms with van der Waals surface area (Å²) < 4.78 is 2.12. The predicted octanol–water partition coefficient (Wildman–Crippen LogP) is 1.24. The lowest BCUT2D eigenvalue weighted by Gasteiger charge is -1.99. The number of aromatic amines is 1. The van der Waals surface area contributed by atoms with Gasteiger partial charge in [0.15, 0.2) is 5.82 Å². The highest BCUT2D eigenvalue weighted by Crippen LogP contribution is 2.13. The third-order valence-corrected chi connectivity index (χ3v) is 2.92. The van der Waals surface area contributed by atoms with Gasteiger partial charge in [-0.15, -0.1) is 0 Å². The minimum atomic E-state index is -0.192. The minimum absolute atomic E-state index is 0.192. The second-order valence-electron chi connectivity index (χ2n) is 3.19. The molecule has 0 amide bonds. The molecule has 0 radical (unpaired) electrons. The summed E-state index contributed by atoms with van der Waals surface area (Å²) in [5, 5.41) is 4.16. The SMILES string of the molecule is Cc1nc(-c2ccn(C)n2)[nH]c(=O)c1Br. The molecule has 0 aromatic carbocycles. The highest BCUT2D eigenvalue weighted by Gasteiger charge is 2.08. The molecule has 2 heterocycles. The quantitative estimate of drug-likeness (QED) is 0.847. The predicted molar refractivity (Wildman–Crippen MR) is 59.5 cm³/mol. The fourth-order valence-corrected chi connectivity index (χ4v) is 1.42. The van der Waals surface area contributed by atoms with Crippen molar-refractivity contribution in [2.75, 3.05) is 0 Å². The molecular formula is C9H9BrN4O. The molecule has 0 aliphatic rings. The van der Waals surface area contributed by atoms with Crippen molar-refractivity contribution in [3.8, 4) is 11.5 Å². The van der Waals surface area contributed by atoms with Crippen LogP contribution >= 0.6 is 15.9 Å². The molecule has 0 saturated carbocycles. The van der Waals surface area contributed by atoms with E-state index >= 15 is 0 Å². The van der Waals surface area contributed by atoms with Gasteiger partial charge in [0.1, 0.15) is 10.2 Å². The molecule has 6 heteroatoms. The molecule has 0 aliphatic carbocycles. The molecule has 0 unspecified atom stereocenters. The zero-order chi connectivity index (χ0) is 11.0. The standard InChI is InChI=1S/C9H9BrN4O/c1-5-7(10)9(15)12-8(11-5)6-3-4-14(2)13-6/h3-4H,1-2H3,(H,11,12,15). The van der Waals surface area contributed by atoms with E-state index in [0.29, 0.717) is 21.7 Å². The number of nitrogens with one attached hydrogen (secondary N) is 1. The van der Waals surface area contributed by atoms with Gasteiger partial charge < -0.3 is 4.98 Å². The lowest BCUT2D eigenvalue weighted by atomic mass is 10.3. The molecule has 0 aliphatic heterocycles. The summed E-state index contributed by atoms with van der Waals surface area (Å²) in [7, 11) is 1.81. The van der Waals surface area contributed by atoms with Crippen LogP contribution in [0, 0.1) is 6.92 Å². The molecule has 2 rings (SSSR count). The first-order valence-electron chi connectivity index (χ1n) is 4.34. The van der Waals surface area contributed by atoms with Gasteiger partial charge in [-0.05, 0) is 28.9 Å². The van der Waals surface area contributed by atoms with Crippen LogP contribution in [-0.2, 0) is 7.05 Å². The van der Waals surface area contributed by atoms with Crippen LogP contribution in [0.25, 0.3) is 11.5 Å². The fourth-order valence-electron chi connectivity index (χ4n) is 1.23. The summed E-state index contributed by atoms with van der Waals surface area (Å²) in [5.74, 6) is 0.487. The van der Waals surface area contributed by atoms with Gasteiger partial charge in [-0.1, -0.05) is 0 Å². The molecule has 78 valence electrons. The average molecular weight is 269 g/mol. The number of nitrogens with zero attached hydrogens (tertiary/aromatic N) is 3. The monoisotopic (exact) mass is 268 g/mol. The van der Waals surface area contributed by atoms with Crippen molar-refractivity contribution < 1.29 is 0 Å². The molecule has 0 atom stereocenters. The van der Waals surface area contributed by atoms with Crippen LogP contribution in [-0.4, -0.2) is 19.7 Å². The Hall–Kier alpha value is -1.43. The molecule has 0 spiro atoms. The van der Waals surface area contributed by atoms with Crippen molar-refractivity contribution in [2.45, 2.75) is 6.92 Å². The zero-order valence-corrected chi connectivity index (χ0v) is 9.87. The molecule has 5 nitrogen and oxygen atoms in total. The van der Waals surface area contributed by atoms with E-state index in [1.165, 1.54) is 0 Å². The van der Waals surface area contributed by atoms with Gasteiger partial charge in [0.05, 0.1) is 5.69 Å². The van der Waals surface area contributed by atoms with Crippen molar-refractivity contribution in [1.82, 2.24) is 19.7 Å². The Labute approximate surface area is 94.3 Å². The minimum Gasteiger partial charge on any atom is -0.304 e. The van der Waals surface area contributed by atoms with E-state index in [0.717, 1.165) is 0 Å². The smallest absolute Gasteiger partial charge is 0.265 e. The Morgan fingerprint density at radius 3 is 2.80 bits per heavy atom. The summed E-state index contributed by atoms with van der Waals surface area (Å²) in [5.41, 5.74) is 1.12. The largest absolute Gasteiger partial charge is 0.304 e. The summed E-state index contributed by atoms with van der Waals surface area (Å²) in [6, 6.07) is 1.80. The number of rotatable bonds is 1. The lowest BCUT2D eigenvalue weighted by molar-refractivity contribution is 0.768. The van der Waals surface area contributed by atoms with E-state index in [9.17, 15) is 4.79 Å². The molecule has 2 aromatic heterocycles. The maximum atomic E-state index is 11.5. The summed E-state index contributed by atoms with van der Waals surface area (Å²) in [6.07, 6.45) is 1.80. The highest BCUT2D eigenvalue weighted by molar-refractivity contribution is 9.10. The topological polar surface area (TPSA) is 63.6 Å². The van der Waals surface area contributed by atoms with Crippen LogP contribution in [0.2, 0.25) is 0 Å². The molecular weight excluding hydrogens is 260 g/mol. The Kier molecular flexibility index (Phi) is 2.44. The third-order valence-electron chi connectivity index (χ3n) is 1.98. The Morgan fingerprint density at radius 2 is 2.27 bits per heavy atom. The Morgan fingerprint density at radius 1 is 1.53 bits per heavy atom. The molecule has 2 aromatic rings. The Balaban J connectivity index is 2.60. The third kappa shape index (κ3) is 1.85. The molecule has 15 heavy (non-hydrogen) atoms. The van der Waals surface area contributed by atoms with Crippen molar-refractivity contribution in [3.63, 3.8) is 0 Å². The van der Waals surface area contributed by atoms with Crippen molar-refractivity contribution in [1.29, 1.82) is 0 Å². The first-order valence-corrected chi connectivity index (χ1v) is 5.13. The first-order chi connectivity index (χ1) is 7.08. The number of hydrogen-bond donors (Lipinski definition) is 1. The zero-order valence-electron chi connectivity index (χ0n) is 8.28. The normalized spacial score (nSPS) is 10.6. The number of halogens is 1. The fraction of sp³-hybridized carbons (Fsp3) is 0.222. The summed E-state index contributed by atoms with van der Waals surface area (Å²) in [6.45, 7) is 1.77. The van der Waals surface area contributed by atoms with Gasteiger partial charge >= 0.3 is 0 Å². The van der Waals surface area contributed by atoms with Crippen molar-refractivity contribution in [2.24, 2.45) is 7.05 Å². The highest BCUT2D eigenvalue weighted by atomic mass is 79.9. The van der Waals surface area contributed by atoms with E-state index in [-0.39, 0.29) is 5.56 Å². The van der Waals surface area contributed by atoms with E-state index in [1.54, 1.807) is 23.9 Å². The van der Waals surface area contributed by atoms with Crippen LogP contribution in [0.5, 0.6) is 0 Å². The maximum Gasteiger partial charge on any atom is 0.265 e. The van der Waals surface area contributed by atoms with Gasteiger partial charge in [-0.25, -0.2) is 4.98 Å². The number of H-pyrrole nitrogens is 1. The second kappa shape index (κ2) is 3.62. The van der Waals surface area contributed by atoms with Crippen LogP contribution in [0.4, 0.5) is 0 Å². The number of aromatic nitrogens is 4. The van der Waals surface area contributed by atoms with E-state index in [4.69, 9.17) is 0 Å². The van der Waals surface area contributed by atoms with E-state index < -0.39 is 0 Å². The van der Waals surface area contributed by atoms with Gasteiger partial charge in [0, 0.05) is 13.2 Å². The van der Waals surface area contributed by atoms with Crippen molar-refractivity contribution in [3.05, 3.63) is 32.8 Å². The maximum absolute atomic E-state index is 11.5. The Bertz CT molecular complexity index is 557. The summed E-state index contributed by atoms with van der Waals surface area (Å²) >= 11 is 3.16. The lowest BCUT2D eigenvalue weighted by Crippen LogP contribution is -2.12. The van der Waals surface area contributed by atoms with Gasteiger partial charge in [-0.2, -0.15) is 5.10 Å². The second-order valence-corrected chi connectivity index (χ2v) is 3.98. The first kappa shape index (κ1) is 10.1. The van der Waals surface area contributed by atoms with Gasteiger partial charge in [0.2, 0.25) is 0 Å². The number of aryl methyl sites for hydroxylation is 2. The van der Waals surface area contributed by atoms with Gasteiger partial charge in [-0.3, -0.25) is 9.48 Å². The molecule has 0 fully saturated rings. The number of hydrogen-bond acceptors (Lipinski definition) is 3. The van der Waals surface area contributed by atoms with Crippen LogP contribution in [0.15, 0.2) is 21.5 Å².